The molecule has 2 N–H and O–H groups in total. The van der Waals surface area contributed by atoms with E-state index in [0.29, 0.717) is 15.9 Å². The van der Waals surface area contributed by atoms with E-state index in [0.717, 1.165) is 18.5 Å². The molecule has 13 heavy (non-hydrogen) atoms. The molecule has 3 nitrogen and oxygen atoms in total. The molecule has 4 heteroatoms. The summed E-state index contributed by atoms with van der Waals surface area (Å²) in [5.74, 6) is 0.489. The lowest BCUT2D eigenvalue weighted by molar-refractivity contribution is 0.702. The Morgan fingerprint density at radius 1 is 1.46 bits per heavy atom. The molecule has 0 saturated heterocycles. The summed E-state index contributed by atoms with van der Waals surface area (Å²) in [5.41, 5.74) is 6.53. The van der Waals surface area contributed by atoms with Crippen LogP contribution in [0.4, 0.5) is 5.13 Å². The number of aromatic nitrogens is 1. The van der Waals surface area contributed by atoms with Gasteiger partial charge in [-0.05, 0) is 12.8 Å². The van der Waals surface area contributed by atoms with Gasteiger partial charge in [-0.15, -0.1) is 0 Å². The van der Waals surface area contributed by atoms with Crippen molar-refractivity contribution in [3.8, 4) is 6.07 Å². The molecule has 0 aromatic carbocycles. The highest BCUT2D eigenvalue weighted by molar-refractivity contribution is 7.16. The van der Waals surface area contributed by atoms with Gasteiger partial charge in [0, 0.05) is 5.92 Å². The summed E-state index contributed by atoms with van der Waals surface area (Å²) in [7, 11) is 0. The highest BCUT2D eigenvalue weighted by atomic mass is 32.1. The van der Waals surface area contributed by atoms with Crippen molar-refractivity contribution < 1.29 is 0 Å². The van der Waals surface area contributed by atoms with Gasteiger partial charge in [0.05, 0.1) is 5.69 Å². The maximum absolute atomic E-state index is 8.86. The minimum absolute atomic E-state index is 0.489. The number of nitriles is 1. The van der Waals surface area contributed by atoms with Gasteiger partial charge in [-0.25, -0.2) is 4.98 Å². The van der Waals surface area contributed by atoms with Crippen LogP contribution in [0.5, 0.6) is 0 Å². The molecular formula is C9H11N3S. The van der Waals surface area contributed by atoms with Gasteiger partial charge in [-0.3, -0.25) is 0 Å². The van der Waals surface area contributed by atoms with Gasteiger partial charge in [-0.2, -0.15) is 5.26 Å². The number of hydrogen-bond donors (Lipinski definition) is 1. The Bertz CT molecular complexity index is 344. The highest BCUT2D eigenvalue weighted by Crippen LogP contribution is 2.37. The molecule has 1 aromatic rings. The summed E-state index contributed by atoms with van der Waals surface area (Å²) in [6.07, 6.45) is 4.84. The van der Waals surface area contributed by atoms with Crippen molar-refractivity contribution in [2.24, 2.45) is 0 Å². The number of rotatable bonds is 1. The predicted molar refractivity (Wildman–Crippen MR) is 52.5 cm³/mol. The first-order chi connectivity index (χ1) is 6.31. The van der Waals surface area contributed by atoms with Crippen LogP contribution in [0.3, 0.4) is 0 Å². The first-order valence-electron chi connectivity index (χ1n) is 4.47. The molecule has 0 unspecified atom stereocenters. The second-order valence-electron chi connectivity index (χ2n) is 3.36. The lowest BCUT2D eigenvalue weighted by atomic mass is 10.0. The van der Waals surface area contributed by atoms with Gasteiger partial charge in [0.2, 0.25) is 0 Å². The number of nitrogens with zero attached hydrogens (tertiary/aromatic N) is 2. The zero-order valence-corrected chi connectivity index (χ0v) is 8.10. The third-order valence-electron chi connectivity index (χ3n) is 2.51. The van der Waals surface area contributed by atoms with E-state index >= 15 is 0 Å². The summed E-state index contributed by atoms with van der Waals surface area (Å²) in [6.45, 7) is 0. The van der Waals surface area contributed by atoms with Gasteiger partial charge >= 0.3 is 0 Å². The van der Waals surface area contributed by atoms with Crippen LogP contribution in [-0.2, 0) is 0 Å². The van der Waals surface area contributed by atoms with Crippen LogP contribution in [0, 0.1) is 11.3 Å². The topological polar surface area (TPSA) is 62.7 Å². The van der Waals surface area contributed by atoms with E-state index in [1.807, 2.05) is 0 Å². The number of nitrogen functional groups attached to an aromatic ring is 1. The Labute approximate surface area is 81.2 Å². The third-order valence-corrected chi connectivity index (χ3v) is 3.32. The molecule has 1 aliphatic rings. The Morgan fingerprint density at radius 3 is 2.77 bits per heavy atom. The SMILES string of the molecule is N#Cc1sc(N)nc1C1CCCC1. The van der Waals surface area contributed by atoms with Gasteiger partial charge < -0.3 is 5.73 Å². The fourth-order valence-corrected chi connectivity index (χ4v) is 2.62. The summed E-state index contributed by atoms with van der Waals surface area (Å²) in [4.78, 5) is 4.95. The molecule has 0 radical (unpaired) electrons. The van der Waals surface area contributed by atoms with Crippen LogP contribution in [0.1, 0.15) is 42.2 Å². The molecule has 1 aromatic heterocycles. The fourth-order valence-electron chi connectivity index (χ4n) is 1.91. The number of anilines is 1. The fraction of sp³-hybridized carbons (Fsp3) is 0.556. The van der Waals surface area contributed by atoms with Crippen LogP contribution in [0.15, 0.2) is 0 Å². The number of nitrogens with two attached hydrogens (primary N) is 1. The van der Waals surface area contributed by atoms with Crippen molar-refractivity contribution in [1.29, 1.82) is 5.26 Å². The van der Waals surface area contributed by atoms with Crippen molar-refractivity contribution in [3.63, 3.8) is 0 Å². The molecule has 1 saturated carbocycles. The standard InChI is InChI=1S/C9H11N3S/c10-5-7-8(12-9(11)13-7)6-3-1-2-4-6/h6H,1-4H2,(H2,11,12). The maximum Gasteiger partial charge on any atom is 0.181 e. The zero-order chi connectivity index (χ0) is 9.26. The number of thiazole rings is 1. The summed E-state index contributed by atoms with van der Waals surface area (Å²) in [5, 5.41) is 9.38. The smallest absolute Gasteiger partial charge is 0.181 e. The molecule has 0 atom stereocenters. The summed E-state index contributed by atoms with van der Waals surface area (Å²) < 4.78 is 0. The molecule has 2 rings (SSSR count). The van der Waals surface area contributed by atoms with E-state index in [1.165, 1.54) is 24.2 Å². The van der Waals surface area contributed by atoms with E-state index in [9.17, 15) is 0 Å². The second kappa shape index (κ2) is 3.35. The van der Waals surface area contributed by atoms with E-state index in [-0.39, 0.29) is 0 Å². The Hall–Kier alpha value is -1.08. The molecule has 1 heterocycles. The molecule has 0 spiro atoms. The maximum atomic E-state index is 8.86. The second-order valence-corrected chi connectivity index (χ2v) is 4.39. The van der Waals surface area contributed by atoms with Crippen molar-refractivity contribution >= 4 is 16.5 Å². The van der Waals surface area contributed by atoms with Gasteiger partial charge in [0.1, 0.15) is 10.9 Å². The van der Waals surface area contributed by atoms with Gasteiger partial charge in [0.25, 0.3) is 0 Å². The van der Waals surface area contributed by atoms with E-state index in [2.05, 4.69) is 11.1 Å². The van der Waals surface area contributed by atoms with Crippen molar-refractivity contribution in [2.45, 2.75) is 31.6 Å². The number of hydrogen-bond acceptors (Lipinski definition) is 4. The lowest BCUT2D eigenvalue weighted by Gasteiger charge is -2.03. The van der Waals surface area contributed by atoms with E-state index < -0.39 is 0 Å². The average molecular weight is 193 g/mol. The third kappa shape index (κ3) is 1.52. The monoisotopic (exact) mass is 193 g/mol. The molecule has 1 fully saturated rings. The first-order valence-corrected chi connectivity index (χ1v) is 5.29. The molecular weight excluding hydrogens is 182 g/mol. The average Bonchev–Trinajstić information content (AvgIpc) is 2.71. The van der Waals surface area contributed by atoms with Crippen LogP contribution in [0.25, 0.3) is 0 Å². The summed E-state index contributed by atoms with van der Waals surface area (Å²) in [6, 6.07) is 2.17. The predicted octanol–water partition coefficient (Wildman–Crippen LogP) is 2.25. The molecule has 0 amide bonds. The normalized spacial score (nSPS) is 17.5. The van der Waals surface area contributed by atoms with E-state index in [4.69, 9.17) is 11.0 Å². The largest absolute Gasteiger partial charge is 0.375 e. The van der Waals surface area contributed by atoms with Crippen LogP contribution in [-0.4, -0.2) is 4.98 Å². The molecule has 68 valence electrons. The van der Waals surface area contributed by atoms with Crippen LogP contribution in [0.2, 0.25) is 0 Å². The van der Waals surface area contributed by atoms with Crippen LogP contribution < -0.4 is 5.73 Å². The Morgan fingerprint density at radius 2 is 2.15 bits per heavy atom. The minimum atomic E-state index is 0.489. The Balaban J connectivity index is 2.33. The lowest BCUT2D eigenvalue weighted by Crippen LogP contribution is -1.95. The molecule has 1 aliphatic carbocycles. The Kier molecular flexibility index (Phi) is 2.19. The first kappa shape index (κ1) is 8.52. The van der Waals surface area contributed by atoms with Crippen molar-refractivity contribution in [3.05, 3.63) is 10.6 Å². The van der Waals surface area contributed by atoms with Gasteiger partial charge in [0.15, 0.2) is 5.13 Å². The van der Waals surface area contributed by atoms with Crippen molar-refractivity contribution in [1.82, 2.24) is 4.98 Å². The molecule has 0 aliphatic heterocycles. The van der Waals surface area contributed by atoms with Crippen molar-refractivity contribution in [2.75, 3.05) is 5.73 Å². The van der Waals surface area contributed by atoms with Crippen LogP contribution >= 0.6 is 11.3 Å². The van der Waals surface area contributed by atoms with Gasteiger partial charge in [-0.1, -0.05) is 24.2 Å². The van der Waals surface area contributed by atoms with E-state index in [1.54, 1.807) is 0 Å². The molecule has 0 bridgehead atoms. The highest BCUT2D eigenvalue weighted by Gasteiger charge is 2.23. The minimum Gasteiger partial charge on any atom is -0.375 e. The zero-order valence-electron chi connectivity index (χ0n) is 7.29. The summed E-state index contributed by atoms with van der Waals surface area (Å²) >= 11 is 1.31. The quantitative estimate of drug-likeness (QED) is 0.744.